The Morgan fingerprint density at radius 3 is 1.86 bits per heavy atom. The van der Waals surface area contributed by atoms with E-state index in [-0.39, 0.29) is 12.0 Å². The molecule has 3 heteroatoms. The molecule has 0 saturated carbocycles. The standard InChI is InChI=1S/C18H23NO2/c1-15(19-21-14-13-20-2)18(16-9-5-3-6-10-16)17-11-7-4-8-12-17/h3-12,15,18-19H,13-14H2,1-2H3. The van der Waals surface area contributed by atoms with Crippen molar-refractivity contribution in [1.82, 2.24) is 5.48 Å². The van der Waals surface area contributed by atoms with E-state index in [1.165, 1.54) is 11.1 Å². The summed E-state index contributed by atoms with van der Waals surface area (Å²) in [6.45, 7) is 3.26. The number of hydrogen-bond acceptors (Lipinski definition) is 3. The van der Waals surface area contributed by atoms with Crippen molar-refractivity contribution in [2.45, 2.75) is 18.9 Å². The first kappa shape index (κ1) is 15.7. The highest BCUT2D eigenvalue weighted by atomic mass is 16.7. The van der Waals surface area contributed by atoms with E-state index in [2.05, 4.69) is 60.9 Å². The van der Waals surface area contributed by atoms with Gasteiger partial charge in [-0.05, 0) is 18.1 Å². The van der Waals surface area contributed by atoms with Crippen molar-refractivity contribution in [3.63, 3.8) is 0 Å². The van der Waals surface area contributed by atoms with Gasteiger partial charge in [-0.15, -0.1) is 0 Å². The third-order valence-electron chi connectivity index (χ3n) is 3.48. The van der Waals surface area contributed by atoms with Gasteiger partial charge in [-0.25, -0.2) is 0 Å². The molecule has 21 heavy (non-hydrogen) atoms. The molecule has 0 amide bonds. The molecule has 0 fully saturated rings. The zero-order chi connectivity index (χ0) is 14.9. The van der Waals surface area contributed by atoms with Crippen molar-refractivity contribution in [2.24, 2.45) is 0 Å². The molecule has 112 valence electrons. The van der Waals surface area contributed by atoms with Crippen molar-refractivity contribution in [3.05, 3.63) is 71.8 Å². The lowest BCUT2D eigenvalue weighted by atomic mass is 9.86. The molecule has 0 bridgehead atoms. The Bertz CT molecular complexity index is 462. The number of methoxy groups -OCH3 is 1. The largest absolute Gasteiger partial charge is 0.382 e. The predicted octanol–water partition coefficient (Wildman–Crippen LogP) is 3.37. The molecule has 0 aliphatic rings. The van der Waals surface area contributed by atoms with Crippen molar-refractivity contribution in [2.75, 3.05) is 20.3 Å². The van der Waals surface area contributed by atoms with E-state index >= 15 is 0 Å². The highest BCUT2D eigenvalue weighted by molar-refractivity contribution is 5.33. The summed E-state index contributed by atoms with van der Waals surface area (Å²) in [5.41, 5.74) is 5.69. The van der Waals surface area contributed by atoms with Gasteiger partial charge in [0.25, 0.3) is 0 Å². The van der Waals surface area contributed by atoms with Crippen LogP contribution in [0.1, 0.15) is 24.0 Å². The molecule has 1 N–H and O–H groups in total. The quantitative estimate of drug-likeness (QED) is 0.596. The van der Waals surface area contributed by atoms with Gasteiger partial charge < -0.3 is 4.74 Å². The molecule has 3 nitrogen and oxygen atoms in total. The van der Waals surface area contributed by atoms with Gasteiger partial charge in [-0.1, -0.05) is 60.7 Å². The number of nitrogens with one attached hydrogen (secondary N) is 1. The number of rotatable bonds is 8. The molecule has 0 heterocycles. The first-order valence-electron chi connectivity index (χ1n) is 7.29. The molecular weight excluding hydrogens is 262 g/mol. The Kier molecular flexibility index (Phi) is 6.41. The SMILES string of the molecule is COCCONC(C)C(c1ccccc1)c1ccccc1. The molecule has 2 aromatic rings. The van der Waals surface area contributed by atoms with E-state index in [1.807, 2.05) is 12.1 Å². The maximum Gasteiger partial charge on any atom is 0.0915 e. The fraction of sp³-hybridized carbons (Fsp3) is 0.333. The van der Waals surface area contributed by atoms with Crippen LogP contribution in [0.5, 0.6) is 0 Å². The summed E-state index contributed by atoms with van der Waals surface area (Å²) < 4.78 is 4.99. The second-order valence-electron chi connectivity index (χ2n) is 5.05. The maximum absolute atomic E-state index is 5.48. The lowest BCUT2D eigenvalue weighted by molar-refractivity contribution is -0.0113. The molecule has 0 aromatic heterocycles. The summed E-state index contributed by atoms with van der Waals surface area (Å²) in [7, 11) is 1.67. The van der Waals surface area contributed by atoms with Crippen LogP contribution >= 0.6 is 0 Å². The van der Waals surface area contributed by atoms with Gasteiger partial charge in [0.05, 0.1) is 13.2 Å². The monoisotopic (exact) mass is 285 g/mol. The van der Waals surface area contributed by atoms with Gasteiger partial charge >= 0.3 is 0 Å². The second kappa shape index (κ2) is 8.57. The fourth-order valence-electron chi connectivity index (χ4n) is 2.47. The van der Waals surface area contributed by atoms with Gasteiger partial charge in [0, 0.05) is 19.1 Å². The average molecular weight is 285 g/mol. The molecule has 2 aromatic carbocycles. The average Bonchev–Trinajstić information content (AvgIpc) is 2.54. The Morgan fingerprint density at radius 1 is 0.857 bits per heavy atom. The smallest absolute Gasteiger partial charge is 0.0915 e. The van der Waals surface area contributed by atoms with Gasteiger partial charge in [-0.3, -0.25) is 4.84 Å². The summed E-state index contributed by atoms with van der Waals surface area (Å²) in [5.74, 6) is 0.245. The highest BCUT2D eigenvalue weighted by Crippen LogP contribution is 2.27. The number of ether oxygens (including phenoxy) is 1. The van der Waals surface area contributed by atoms with Crippen LogP contribution < -0.4 is 5.48 Å². The molecule has 0 aliphatic heterocycles. The normalized spacial score (nSPS) is 12.5. The van der Waals surface area contributed by atoms with E-state index in [0.29, 0.717) is 13.2 Å². The van der Waals surface area contributed by atoms with Gasteiger partial charge in [-0.2, -0.15) is 5.48 Å². The first-order chi connectivity index (χ1) is 10.3. The minimum Gasteiger partial charge on any atom is -0.382 e. The minimum absolute atomic E-state index is 0.159. The lowest BCUT2D eigenvalue weighted by Crippen LogP contribution is -2.33. The van der Waals surface area contributed by atoms with Crippen LogP contribution in [0.2, 0.25) is 0 Å². The van der Waals surface area contributed by atoms with Crippen LogP contribution in [0.3, 0.4) is 0 Å². The van der Waals surface area contributed by atoms with Crippen LogP contribution in [-0.2, 0) is 9.57 Å². The van der Waals surface area contributed by atoms with E-state index in [9.17, 15) is 0 Å². The molecule has 0 saturated heterocycles. The Balaban J connectivity index is 2.13. The first-order valence-corrected chi connectivity index (χ1v) is 7.29. The second-order valence-corrected chi connectivity index (χ2v) is 5.05. The van der Waals surface area contributed by atoms with Gasteiger partial charge in [0.15, 0.2) is 0 Å². The third-order valence-corrected chi connectivity index (χ3v) is 3.48. The van der Waals surface area contributed by atoms with Crippen LogP contribution in [0.25, 0.3) is 0 Å². The Morgan fingerprint density at radius 2 is 1.38 bits per heavy atom. The summed E-state index contributed by atoms with van der Waals surface area (Å²) in [6.07, 6.45) is 0. The van der Waals surface area contributed by atoms with Crippen molar-refractivity contribution >= 4 is 0 Å². The topological polar surface area (TPSA) is 30.5 Å². The van der Waals surface area contributed by atoms with E-state index < -0.39 is 0 Å². The maximum atomic E-state index is 5.48. The van der Waals surface area contributed by atoms with Gasteiger partial charge in [0.1, 0.15) is 0 Å². The molecule has 0 radical (unpaired) electrons. The fourth-order valence-corrected chi connectivity index (χ4v) is 2.47. The molecule has 0 spiro atoms. The van der Waals surface area contributed by atoms with Crippen LogP contribution in [0, 0.1) is 0 Å². The van der Waals surface area contributed by atoms with Crippen LogP contribution in [-0.4, -0.2) is 26.4 Å². The third kappa shape index (κ3) is 4.67. The van der Waals surface area contributed by atoms with E-state index in [1.54, 1.807) is 7.11 Å². The summed E-state index contributed by atoms with van der Waals surface area (Å²) in [6, 6.07) is 21.2. The summed E-state index contributed by atoms with van der Waals surface area (Å²) >= 11 is 0. The Hall–Kier alpha value is -1.68. The molecule has 0 aliphatic carbocycles. The van der Waals surface area contributed by atoms with E-state index in [0.717, 1.165) is 0 Å². The van der Waals surface area contributed by atoms with Crippen molar-refractivity contribution in [1.29, 1.82) is 0 Å². The number of benzene rings is 2. The van der Waals surface area contributed by atoms with Crippen LogP contribution in [0.15, 0.2) is 60.7 Å². The number of hydroxylamine groups is 1. The lowest BCUT2D eigenvalue weighted by Gasteiger charge is -2.25. The minimum atomic E-state index is 0.159. The molecular formula is C18H23NO2. The van der Waals surface area contributed by atoms with Crippen LogP contribution in [0.4, 0.5) is 0 Å². The predicted molar refractivity (Wildman–Crippen MR) is 85.2 cm³/mol. The zero-order valence-electron chi connectivity index (χ0n) is 12.7. The molecule has 1 atom stereocenters. The number of hydrogen-bond donors (Lipinski definition) is 1. The van der Waals surface area contributed by atoms with Crippen molar-refractivity contribution in [3.8, 4) is 0 Å². The van der Waals surface area contributed by atoms with E-state index in [4.69, 9.17) is 9.57 Å². The highest BCUT2D eigenvalue weighted by Gasteiger charge is 2.21. The molecule has 1 unspecified atom stereocenters. The van der Waals surface area contributed by atoms with Crippen molar-refractivity contribution < 1.29 is 9.57 Å². The molecule has 2 rings (SSSR count). The summed E-state index contributed by atoms with van der Waals surface area (Å²) in [5, 5.41) is 0. The zero-order valence-corrected chi connectivity index (χ0v) is 12.7. The Labute approximate surface area is 126 Å². The summed E-state index contributed by atoms with van der Waals surface area (Å²) in [4.78, 5) is 5.48. The van der Waals surface area contributed by atoms with Gasteiger partial charge in [0.2, 0.25) is 0 Å².